The fraction of sp³-hybridized carbons (Fsp3) is 0.0769. The number of hydrogen-bond acceptors (Lipinski definition) is 0. The predicted octanol–water partition coefficient (Wildman–Crippen LogP) is 1.98. The molecular formula is C13H9F3Se2. The van der Waals surface area contributed by atoms with Crippen molar-refractivity contribution in [2.24, 2.45) is 0 Å². The maximum absolute atomic E-state index is 12.5. The normalized spacial score (nSPS) is 11.5. The van der Waals surface area contributed by atoms with E-state index in [4.69, 9.17) is 0 Å². The first-order valence-corrected chi connectivity index (χ1v) is 11.2. The molecule has 0 aliphatic carbocycles. The van der Waals surface area contributed by atoms with E-state index in [-0.39, 0.29) is 26.3 Å². The molecule has 0 aliphatic rings. The molecule has 0 spiro atoms. The van der Waals surface area contributed by atoms with Crippen molar-refractivity contribution in [3.05, 3.63) is 60.2 Å². The van der Waals surface area contributed by atoms with Crippen LogP contribution < -0.4 is 8.92 Å². The molecule has 0 saturated heterocycles. The van der Waals surface area contributed by atoms with Crippen molar-refractivity contribution in [2.75, 3.05) is 0 Å². The van der Waals surface area contributed by atoms with E-state index in [1.165, 1.54) is 16.6 Å². The Morgan fingerprint density at radius 1 is 0.722 bits per heavy atom. The van der Waals surface area contributed by atoms with Gasteiger partial charge < -0.3 is 0 Å². The van der Waals surface area contributed by atoms with Crippen LogP contribution in [0, 0.1) is 0 Å². The van der Waals surface area contributed by atoms with E-state index in [2.05, 4.69) is 0 Å². The van der Waals surface area contributed by atoms with Crippen LogP contribution >= 0.6 is 0 Å². The summed E-state index contributed by atoms with van der Waals surface area (Å²) in [5, 5.41) is 0. The molecule has 0 amide bonds. The van der Waals surface area contributed by atoms with E-state index in [0.717, 1.165) is 10.5 Å². The molecule has 0 aliphatic heterocycles. The number of alkyl halides is 3. The van der Waals surface area contributed by atoms with E-state index in [1.54, 1.807) is 6.07 Å². The third-order valence-corrected chi connectivity index (χ3v) is 9.33. The van der Waals surface area contributed by atoms with Crippen LogP contribution in [0.15, 0.2) is 54.6 Å². The molecular weight excluding hydrogens is 371 g/mol. The second kappa shape index (κ2) is 5.94. The average Bonchev–Trinajstić information content (AvgIpc) is 2.37. The van der Waals surface area contributed by atoms with Crippen LogP contribution in [0.1, 0.15) is 5.56 Å². The Hall–Kier alpha value is -0.731. The van der Waals surface area contributed by atoms with Gasteiger partial charge in [-0.05, 0) is 0 Å². The first kappa shape index (κ1) is 13.7. The second-order valence-corrected chi connectivity index (χ2v) is 9.82. The van der Waals surface area contributed by atoms with Crippen molar-refractivity contribution in [1.29, 1.82) is 0 Å². The quantitative estimate of drug-likeness (QED) is 0.715. The first-order valence-electron chi connectivity index (χ1n) is 5.12. The molecule has 5 heteroatoms. The topological polar surface area (TPSA) is 0 Å². The molecule has 0 nitrogen and oxygen atoms in total. The summed E-state index contributed by atoms with van der Waals surface area (Å²) in [4.78, 5) is 0. The van der Waals surface area contributed by atoms with Gasteiger partial charge in [0.2, 0.25) is 0 Å². The second-order valence-electron chi connectivity index (χ2n) is 3.51. The van der Waals surface area contributed by atoms with Crippen LogP contribution in [0.2, 0.25) is 0 Å². The molecule has 0 aromatic heterocycles. The van der Waals surface area contributed by atoms with Crippen molar-refractivity contribution in [2.45, 2.75) is 6.18 Å². The van der Waals surface area contributed by atoms with Gasteiger partial charge in [-0.1, -0.05) is 0 Å². The average molecular weight is 380 g/mol. The summed E-state index contributed by atoms with van der Waals surface area (Å²) in [6.07, 6.45) is -4.24. The Bertz CT molecular complexity index is 509. The summed E-state index contributed by atoms with van der Waals surface area (Å²) in [6.45, 7) is 0. The van der Waals surface area contributed by atoms with Gasteiger partial charge in [-0.25, -0.2) is 0 Å². The molecule has 0 saturated carbocycles. The van der Waals surface area contributed by atoms with Gasteiger partial charge in [0.15, 0.2) is 0 Å². The molecule has 0 heterocycles. The summed E-state index contributed by atoms with van der Waals surface area (Å²) in [5.41, 5.74) is -0.550. The molecule has 0 unspecified atom stereocenters. The Labute approximate surface area is 114 Å². The van der Waals surface area contributed by atoms with Gasteiger partial charge in [-0.3, -0.25) is 0 Å². The number of benzene rings is 2. The Morgan fingerprint density at radius 3 is 2.00 bits per heavy atom. The van der Waals surface area contributed by atoms with Gasteiger partial charge in [-0.2, -0.15) is 0 Å². The molecule has 2 aromatic carbocycles. The fourth-order valence-corrected chi connectivity index (χ4v) is 7.35. The summed E-state index contributed by atoms with van der Waals surface area (Å²) < 4.78 is 39.7. The van der Waals surface area contributed by atoms with E-state index < -0.39 is 11.7 Å². The zero-order valence-electron chi connectivity index (χ0n) is 9.15. The van der Waals surface area contributed by atoms with Gasteiger partial charge in [0.05, 0.1) is 0 Å². The summed E-state index contributed by atoms with van der Waals surface area (Å²) in [5.74, 6) is 0. The Balaban J connectivity index is 2.06. The fourth-order valence-electron chi connectivity index (χ4n) is 1.30. The van der Waals surface area contributed by atoms with Gasteiger partial charge in [0, 0.05) is 0 Å². The van der Waals surface area contributed by atoms with Crippen LogP contribution in [0.5, 0.6) is 0 Å². The molecule has 2 aromatic rings. The van der Waals surface area contributed by atoms with Gasteiger partial charge in [0.1, 0.15) is 0 Å². The van der Waals surface area contributed by atoms with Crippen molar-refractivity contribution >= 4 is 35.2 Å². The van der Waals surface area contributed by atoms with Gasteiger partial charge >= 0.3 is 115 Å². The van der Waals surface area contributed by atoms with Crippen molar-refractivity contribution in [3.63, 3.8) is 0 Å². The standard InChI is InChI=1S/C13H9F3Se2/c14-13(15,16)10-5-4-8-12(9-10)18-17-11-6-2-1-3-7-11/h1-9H. The van der Waals surface area contributed by atoms with Crippen molar-refractivity contribution in [1.82, 2.24) is 0 Å². The van der Waals surface area contributed by atoms with E-state index in [9.17, 15) is 13.2 Å². The zero-order valence-corrected chi connectivity index (χ0v) is 12.6. The van der Waals surface area contributed by atoms with Gasteiger partial charge in [-0.15, -0.1) is 0 Å². The minimum atomic E-state index is -4.24. The molecule has 0 fully saturated rings. The third kappa shape index (κ3) is 3.89. The Morgan fingerprint density at radius 2 is 1.33 bits per heavy atom. The summed E-state index contributed by atoms with van der Waals surface area (Å²) in [7, 11) is 0. The number of halogens is 3. The molecule has 0 N–H and O–H groups in total. The van der Waals surface area contributed by atoms with E-state index in [1.807, 2.05) is 30.3 Å². The number of hydrogen-bond donors (Lipinski definition) is 0. The van der Waals surface area contributed by atoms with E-state index in [0.29, 0.717) is 0 Å². The monoisotopic (exact) mass is 382 g/mol. The molecule has 0 radical (unpaired) electrons. The zero-order chi connectivity index (χ0) is 13.0. The molecule has 0 atom stereocenters. The van der Waals surface area contributed by atoms with Crippen LogP contribution in [0.25, 0.3) is 0 Å². The molecule has 18 heavy (non-hydrogen) atoms. The van der Waals surface area contributed by atoms with Crippen LogP contribution in [-0.2, 0) is 6.18 Å². The van der Waals surface area contributed by atoms with Crippen LogP contribution in [-0.4, -0.2) is 26.3 Å². The van der Waals surface area contributed by atoms with E-state index >= 15 is 0 Å². The molecule has 0 bridgehead atoms. The maximum atomic E-state index is 12.5. The third-order valence-electron chi connectivity index (χ3n) is 2.14. The van der Waals surface area contributed by atoms with Crippen molar-refractivity contribution in [3.8, 4) is 0 Å². The van der Waals surface area contributed by atoms with Gasteiger partial charge in [0.25, 0.3) is 0 Å². The summed E-state index contributed by atoms with van der Waals surface area (Å²) in [6, 6.07) is 15.6. The molecule has 94 valence electrons. The van der Waals surface area contributed by atoms with Crippen LogP contribution in [0.3, 0.4) is 0 Å². The van der Waals surface area contributed by atoms with Crippen LogP contribution in [0.4, 0.5) is 13.2 Å². The minimum absolute atomic E-state index is 0.0929. The first-order chi connectivity index (χ1) is 8.55. The number of rotatable bonds is 3. The summed E-state index contributed by atoms with van der Waals surface area (Å²) >= 11 is 0.327. The predicted molar refractivity (Wildman–Crippen MR) is 68.7 cm³/mol. The Kier molecular flexibility index (Phi) is 4.52. The van der Waals surface area contributed by atoms with Crippen molar-refractivity contribution < 1.29 is 13.2 Å². The SMILES string of the molecule is FC(F)(F)c1cccc([Se][Se]c2ccccc2)c1. The molecule has 2 rings (SSSR count).